The molecule has 21 heavy (non-hydrogen) atoms. The van der Waals surface area contributed by atoms with Gasteiger partial charge in [0.2, 0.25) is 0 Å². The van der Waals surface area contributed by atoms with Crippen molar-refractivity contribution < 1.29 is 14.3 Å². The molecule has 1 aromatic rings. The largest absolute Gasteiger partial charge is 0.444 e. The number of nitrogens with zero attached hydrogens (tertiary/aromatic N) is 1. The van der Waals surface area contributed by atoms with Crippen LogP contribution in [0, 0.1) is 5.92 Å². The van der Waals surface area contributed by atoms with Crippen LogP contribution in [0.4, 0.5) is 4.79 Å². The van der Waals surface area contributed by atoms with Crippen molar-refractivity contribution in [3.63, 3.8) is 0 Å². The second-order valence-corrected chi connectivity index (χ2v) is 7.56. The van der Waals surface area contributed by atoms with Crippen molar-refractivity contribution >= 4 is 23.2 Å². The lowest BCUT2D eigenvalue weighted by Gasteiger charge is -2.24. The standard InChI is InChI=1S/C15H24N2O3S/c1-9(2)12(17-14(19)20-15(4,5)6)13-16-8-11(21-13)7-10(3)18/h8-9,12H,7H2,1-6H3,(H,17,19). The number of Topliss-reactive ketones (excluding diaryl/α,β-unsaturated/α-hetero) is 1. The smallest absolute Gasteiger partial charge is 0.408 e. The Morgan fingerprint density at radius 2 is 2.00 bits per heavy atom. The minimum atomic E-state index is -0.533. The van der Waals surface area contributed by atoms with E-state index in [1.54, 1.807) is 13.1 Å². The average molecular weight is 312 g/mol. The monoisotopic (exact) mass is 312 g/mol. The zero-order valence-corrected chi connectivity index (χ0v) is 14.3. The highest BCUT2D eigenvalue weighted by atomic mass is 32.1. The van der Waals surface area contributed by atoms with Gasteiger partial charge in [0.15, 0.2) is 0 Å². The number of rotatable bonds is 5. The molecule has 0 bridgehead atoms. The first-order chi connectivity index (χ1) is 9.58. The number of ether oxygens (including phenoxy) is 1. The van der Waals surface area contributed by atoms with Gasteiger partial charge in [0.05, 0.1) is 6.04 Å². The lowest BCUT2D eigenvalue weighted by atomic mass is 10.1. The number of aromatic nitrogens is 1. The van der Waals surface area contributed by atoms with Gasteiger partial charge in [-0.1, -0.05) is 13.8 Å². The third-order valence-electron chi connectivity index (χ3n) is 2.60. The summed E-state index contributed by atoms with van der Waals surface area (Å²) >= 11 is 1.46. The molecule has 1 rings (SSSR count). The maximum Gasteiger partial charge on any atom is 0.408 e. The molecule has 0 aliphatic heterocycles. The predicted molar refractivity (Wildman–Crippen MR) is 83.4 cm³/mol. The van der Waals surface area contributed by atoms with E-state index < -0.39 is 11.7 Å². The molecule has 118 valence electrons. The summed E-state index contributed by atoms with van der Waals surface area (Å²) in [5.74, 6) is 0.278. The number of amides is 1. The first-order valence-electron chi connectivity index (χ1n) is 7.02. The summed E-state index contributed by atoms with van der Waals surface area (Å²) in [7, 11) is 0. The lowest BCUT2D eigenvalue weighted by molar-refractivity contribution is -0.116. The van der Waals surface area contributed by atoms with Crippen LogP contribution in [0.3, 0.4) is 0 Å². The second-order valence-electron chi connectivity index (χ2n) is 6.41. The van der Waals surface area contributed by atoms with Crippen LogP contribution in [-0.2, 0) is 16.0 Å². The summed E-state index contributed by atoms with van der Waals surface area (Å²) in [5.41, 5.74) is -0.533. The molecular weight excluding hydrogens is 288 g/mol. The fourth-order valence-corrected chi connectivity index (χ4v) is 2.95. The number of alkyl carbamates (subject to hydrolysis) is 1. The van der Waals surface area contributed by atoms with Crippen LogP contribution in [0.25, 0.3) is 0 Å². The normalized spacial score (nSPS) is 13.1. The fraction of sp³-hybridized carbons (Fsp3) is 0.667. The van der Waals surface area contributed by atoms with E-state index >= 15 is 0 Å². The topological polar surface area (TPSA) is 68.3 Å². The minimum Gasteiger partial charge on any atom is -0.444 e. The molecule has 0 fully saturated rings. The van der Waals surface area contributed by atoms with Crippen molar-refractivity contribution in [1.82, 2.24) is 10.3 Å². The molecule has 1 aromatic heterocycles. The van der Waals surface area contributed by atoms with E-state index in [1.807, 2.05) is 34.6 Å². The highest BCUT2D eigenvalue weighted by molar-refractivity contribution is 7.11. The van der Waals surface area contributed by atoms with Crippen LogP contribution in [0.15, 0.2) is 6.20 Å². The van der Waals surface area contributed by atoms with Crippen molar-refractivity contribution in [1.29, 1.82) is 0 Å². The van der Waals surface area contributed by atoms with E-state index in [-0.39, 0.29) is 17.7 Å². The van der Waals surface area contributed by atoms with Gasteiger partial charge >= 0.3 is 6.09 Å². The summed E-state index contributed by atoms with van der Waals surface area (Å²) in [6.45, 7) is 11.0. The second kappa shape index (κ2) is 7.02. The maximum atomic E-state index is 11.9. The number of carbonyl (C=O) groups is 2. The summed E-state index contributed by atoms with van der Waals surface area (Å²) < 4.78 is 5.28. The predicted octanol–water partition coefficient (Wildman–Crippen LogP) is 3.50. The summed E-state index contributed by atoms with van der Waals surface area (Å²) in [4.78, 5) is 28.3. The number of ketones is 1. The first-order valence-corrected chi connectivity index (χ1v) is 7.83. The highest BCUT2D eigenvalue weighted by Gasteiger charge is 2.25. The molecule has 0 spiro atoms. The average Bonchev–Trinajstić information content (AvgIpc) is 2.70. The summed E-state index contributed by atoms with van der Waals surface area (Å²) in [6.07, 6.45) is 1.63. The Bertz CT molecular complexity index is 503. The Morgan fingerprint density at radius 3 is 2.48 bits per heavy atom. The van der Waals surface area contributed by atoms with Gasteiger partial charge in [-0.25, -0.2) is 9.78 Å². The minimum absolute atomic E-state index is 0.103. The molecule has 1 atom stereocenters. The number of nitrogens with one attached hydrogen (secondary N) is 1. The number of carbonyl (C=O) groups excluding carboxylic acids is 2. The van der Waals surface area contributed by atoms with Crippen LogP contribution in [0.1, 0.15) is 57.5 Å². The number of thiazole rings is 1. The molecule has 1 heterocycles. The summed E-state index contributed by atoms with van der Waals surface area (Å²) in [6, 6.07) is -0.217. The Labute approximate surface area is 130 Å². The third-order valence-corrected chi connectivity index (χ3v) is 3.68. The van der Waals surface area contributed by atoms with Crippen LogP contribution < -0.4 is 5.32 Å². The fourth-order valence-electron chi connectivity index (χ4n) is 1.74. The van der Waals surface area contributed by atoms with Gasteiger partial charge in [0.25, 0.3) is 0 Å². The molecule has 1 unspecified atom stereocenters. The molecule has 5 nitrogen and oxygen atoms in total. The highest BCUT2D eigenvalue weighted by Crippen LogP contribution is 2.27. The molecular formula is C15H24N2O3S. The summed E-state index contributed by atoms with van der Waals surface area (Å²) in [5, 5.41) is 3.66. The molecule has 0 aromatic carbocycles. The first kappa shape index (κ1) is 17.6. The van der Waals surface area contributed by atoms with Crippen molar-refractivity contribution in [3.8, 4) is 0 Å². The van der Waals surface area contributed by atoms with Crippen LogP contribution in [-0.4, -0.2) is 22.5 Å². The third kappa shape index (κ3) is 6.25. The Balaban J connectivity index is 2.80. The number of hydrogen-bond donors (Lipinski definition) is 1. The number of hydrogen-bond acceptors (Lipinski definition) is 5. The van der Waals surface area contributed by atoms with E-state index in [0.717, 1.165) is 9.88 Å². The van der Waals surface area contributed by atoms with Gasteiger partial charge in [0.1, 0.15) is 16.4 Å². The molecule has 0 radical (unpaired) electrons. The van der Waals surface area contributed by atoms with Gasteiger partial charge in [0, 0.05) is 17.5 Å². The Hall–Kier alpha value is -1.43. The molecule has 0 saturated carbocycles. The molecule has 1 amide bonds. The maximum absolute atomic E-state index is 11.9. The van der Waals surface area contributed by atoms with Gasteiger partial charge < -0.3 is 10.1 Å². The lowest BCUT2D eigenvalue weighted by Crippen LogP contribution is -2.36. The van der Waals surface area contributed by atoms with E-state index in [2.05, 4.69) is 10.3 Å². The van der Waals surface area contributed by atoms with Crippen molar-refractivity contribution in [2.75, 3.05) is 0 Å². The SMILES string of the molecule is CC(=O)Cc1cnc(C(NC(=O)OC(C)(C)C)C(C)C)s1. The zero-order valence-electron chi connectivity index (χ0n) is 13.5. The van der Waals surface area contributed by atoms with Gasteiger partial charge in [-0.05, 0) is 33.6 Å². The molecule has 0 saturated heterocycles. The van der Waals surface area contributed by atoms with Gasteiger partial charge in [-0.3, -0.25) is 4.79 Å². The quantitative estimate of drug-likeness (QED) is 0.903. The van der Waals surface area contributed by atoms with Crippen molar-refractivity contribution in [2.24, 2.45) is 5.92 Å². The molecule has 0 aliphatic carbocycles. The van der Waals surface area contributed by atoms with E-state index in [4.69, 9.17) is 4.74 Å². The van der Waals surface area contributed by atoms with Crippen molar-refractivity contribution in [3.05, 3.63) is 16.1 Å². The van der Waals surface area contributed by atoms with Crippen LogP contribution >= 0.6 is 11.3 Å². The van der Waals surface area contributed by atoms with E-state index in [0.29, 0.717) is 6.42 Å². The van der Waals surface area contributed by atoms with E-state index in [1.165, 1.54) is 11.3 Å². The zero-order chi connectivity index (χ0) is 16.2. The molecule has 1 N–H and O–H groups in total. The Kier molecular flexibility index (Phi) is 5.89. The Morgan fingerprint density at radius 1 is 1.38 bits per heavy atom. The van der Waals surface area contributed by atoms with Gasteiger partial charge in [-0.15, -0.1) is 11.3 Å². The van der Waals surface area contributed by atoms with Crippen LogP contribution in [0.2, 0.25) is 0 Å². The van der Waals surface area contributed by atoms with Crippen LogP contribution in [0.5, 0.6) is 0 Å². The molecule has 0 aliphatic rings. The van der Waals surface area contributed by atoms with E-state index in [9.17, 15) is 9.59 Å². The van der Waals surface area contributed by atoms with Gasteiger partial charge in [-0.2, -0.15) is 0 Å². The van der Waals surface area contributed by atoms with Crippen molar-refractivity contribution in [2.45, 2.75) is 59.6 Å². The molecule has 6 heteroatoms.